The molecule has 1 aromatic rings. The lowest BCUT2D eigenvalue weighted by molar-refractivity contribution is 0.0753. The van der Waals surface area contributed by atoms with Gasteiger partial charge in [0.15, 0.2) is 5.76 Å². The molecule has 1 fully saturated rings. The molecule has 0 bridgehead atoms. The molecule has 21 heavy (non-hydrogen) atoms. The second-order valence-electron chi connectivity index (χ2n) is 4.96. The van der Waals surface area contributed by atoms with E-state index in [9.17, 15) is 14.7 Å². The zero-order valence-corrected chi connectivity index (χ0v) is 12.3. The van der Waals surface area contributed by atoms with Crippen molar-refractivity contribution in [1.82, 2.24) is 9.80 Å². The molecule has 0 saturated carbocycles. The van der Waals surface area contributed by atoms with Crippen molar-refractivity contribution >= 4 is 6.09 Å². The maximum Gasteiger partial charge on any atom is 0.409 e. The van der Waals surface area contributed by atoms with Crippen LogP contribution in [0.4, 0.5) is 4.79 Å². The predicted octanol–water partition coefficient (Wildman–Crippen LogP) is 0.928. The lowest BCUT2D eigenvalue weighted by atomic mass is 10.2. The number of rotatable bonds is 3. The molecule has 7 heteroatoms. The Balaban J connectivity index is 1.95. The van der Waals surface area contributed by atoms with Crippen LogP contribution in [0.3, 0.4) is 0 Å². The SMILES string of the molecule is CCOC(=O)N1CCN(Cc2oc(C)cc(=O)c2O)CC1. The van der Waals surface area contributed by atoms with Gasteiger partial charge in [0.05, 0.1) is 13.2 Å². The van der Waals surface area contributed by atoms with Crippen molar-refractivity contribution in [1.29, 1.82) is 0 Å². The number of piperazine rings is 1. The summed E-state index contributed by atoms with van der Waals surface area (Å²) in [6.45, 7) is 6.53. The topological polar surface area (TPSA) is 83.2 Å². The summed E-state index contributed by atoms with van der Waals surface area (Å²) in [7, 11) is 0. The van der Waals surface area contributed by atoms with Gasteiger partial charge < -0.3 is 19.2 Å². The standard InChI is InChI=1S/C14H20N2O5/c1-3-20-14(19)16-6-4-15(5-7-16)9-12-13(18)11(17)8-10(2)21-12/h8,18H,3-7,9H2,1-2H3. The normalized spacial score (nSPS) is 16.0. The highest BCUT2D eigenvalue weighted by atomic mass is 16.6. The largest absolute Gasteiger partial charge is 0.502 e. The number of ether oxygens (including phenoxy) is 1. The van der Waals surface area contributed by atoms with Crippen LogP contribution in [0.2, 0.25) is 0 Å². The van der Waals surface area contributed by atoms with E-state index in [0.717, 1.165) is 0 Å². The van der Waals surface area contributed by atoms with Crippen LogP contribution in [0.25, 0.3) is 0 Å². The lowest BCUT2D eigenvalue weighted by Crippen LogP contribution is -2.48. The predicted molar refractivity (Wildman–Crippen MR) is 75.3 cm³/mol. The summed E-state index contributed by atoms with van der Waals surface area (Å²) in [5, 5.41) is 9.75. The van der Waals surface area contributed by atoms with Crippen LogP contribution in [0.1, 0.15) is 18.4 Å². The van der Waals surface area contributed by atoms with Crippen LogP contribution in [-0.2, 0) is 11.3 Å². The van der Waals surface area contributed by atoms with Crippen LogP contribution >= 0.6 is 0 Å². The van der Waals surface area contributed by atoms with Crippen LogP contribution < -0.4 is 5.43 Å². The number of aryl methyl sites for hydroxylation is 1. The first kappa shape index (κ1) is 15.4. The van der Waals surface area contributed by atoms with E-state index in [1.54, 1.807) is 18.7 Å². The first-order valence-corrected chi connectivity index (χ1v) is 6.98. The number of carbonyl (C=O) groups is 1. The molecule has 2 heterocycles. The van der Waals surface area contributed by atoms with Gasteiger partial charge in [-0.1, -0.05) is 0 Å². The number of hydrogen-bond acceptors (Lipinski definition) is 6. The van der Waals surface area contributed by atoms with E-state index >= 15 is 0 Å². The number of nitrogens with zero attached hydrogens (tertiary/aromatic N) is 2. The summed E-state index contributed by atoms with van der Waals surface area (Å²) in [6.07, 6.45) is -0.304. The van der Waals surface area contributed by atoms with Gasteiger partial charge in [-0.15, -0.1) is 0 Å². The summed E-state index contributed by atoms with van der Waals surface area (Å²) in [4.78, 5) is 26.8. The first-order valence-electron chi connectivity index (χ1n) is 6.98. The van der Waals surface area contributed by atoms with Crippen molar-refractivity contribution in [3.05, 3.63) is 27.8 Å². The summed E-state index contributed by atoms with van der Waals surface area (Å²) in [5.74, 6) is 0.399. The van der Waals surface area contributed by atoms with E-state index in [-0.39, 0.29) is 17.6 Å². The van der Waals surface area contributed by atoms with Crippen molar-refractivity contribution < 1.29 is 19.1 Å². The van der Waals surface area contributed by atoms with Crippen molar-refractivity contribution in [2.45, 2.75) is 20.4 Å². The van der Waals surface area contributed by atoms with E-state index in [0.29, 0.717) is 45.1 Å². The Morgan fingerprint density at radius 1 is 1.38 bits per heavy atom. The van der Waals surface area contributed by atoms with Gasteiger partial charge in [0, 0.05) is 32.2 Å². The van der Waals surface area contributed by atoms with Gasteiger partial charge in [-0.3, -0.25) is 9.69 Å². The number of aromatic hydroxyl groups is 1. The summed E-state index contributed by atoms with van der Waals surface area (Å²) < 4.78 is 10.4. The molecular formula is C14H20N2O5. The van der Waals surface area contributed by atoms with E-state index in [2.05, 4.69) is 0 Å². The van der Waals surface area contributed by atoms with Crippen LogP contribution in [0.5, 0.6) is 5.75 Å². The molecular weight excluding hydrogens is 276 g/mol. The monoisotopic (exact) mass is 296 g/mol. The quantitative estimate of drug-likeness (QED) is 0.893. The fourth-order valence-electron chi connectivity index (χ4n) is 2.28. The third-order valence-corrected chi connectivity index (χ3v) is 3.38. The van der Waals surface area contributed by atoms with Gasteiger partial charge in [-0.05, 0) is 13.8 Å². The fraction of sp³-hybridized carbons (Fsp3) is 0.571. The van der Waals surface area contributed by atoms with Crippen molar-refractivity contribution in [2.75, 3.05) is 32.8 Å². The maximum atomic E-state index is 11.6. The number of hydrogen-bond donors (Lipinski definition) is 1. The Labute approximate surface area is 122 Å². The maximum absolute atomic E-state index is 11.6. The second-order valence-corrected chi connectivity index (χ2v) is 4.96. The third kappa shape index (κ3) is 3.75. The summed E-state index contributed by atoms with van der Waals surface area (Å²) in [5.41, 5.74) is -0.432. The Morgan fingerprint density at radius 2 is 2.05 bits per heavy atom. The average Bonchev–Trinajstić information content (AvgIpc) is 2.45. The molecule has 0 radical (unpaired) electrons. The Morgan fingerprint density at radius 3 is 2.67 bits per heavy atom. The molecule has 116 valence electrons. The third-order valence-electron chi connectivity index (χ3n) is 3.38. The van der Waals surface area contributed by atoms with Crippen LogP contribution in [0, 0.1) is 6.92 Å². The molecule has 0 spiro atoms. The molecule has 0 unspecified atom stereocenters. The molecule has 1 aromatic heterocycles. The minimum Gasteiger partial charge on any atom is -0.502 e. The van der Waals surface area contributed by atoms with Gasteiger partial charge in [0.1, 0.15) is 5.76 Å². The molecule has 1 aliphatic rings. The molecule has 7 nitrogen and oxygen atoms in total. The van der Waals surface area contributed by atoms with Gasteiger partial charge in [0.25, 0.3) is 0 Å². The van der Waals surface area contributed by atoms with Crippen molar-refractivity contribution in [2.24, 2.45) is 0 Å². The highest BCUT2D eigenvalue weighted by Crippen LogP contribution is 2.17. The molecule has 1 amide bonds. The molecule has 0 aliphatic carbocycles. The van der Waals surface area contributed by atoms with Crippen LogP contribution in [0.15, 0.2) is 15.3 Å². The first-order chi connectivity index (χ1) is 10.0. The molecule has 1 saturated heterocycles. The molecule has 1 N–H and O–H groups in total. The molecule has 2 rings (SSSR count). The Kier molecular flexibility index (Phi) is 4.85. The van der Waals surface area contributed by atoms with Gasteiger partial charge in [0.2, 0.25) is 11.2 Å². The van der Waals surface area contributed by atoms with Crippen molar-refractivity contribution in [3.8, 4) is 5.75 Å². The van der Waals surface area contributed by atoms with E-state index in [1.807, 2.05) is 4.90 Å². The zero-order valence-electron chi connectivity index (χ0n) is 12.3. The average molecular weight is 296 g/mol. The Bertz CT molecular complexity index is 561. The highest BCUT2D eigenvalue weighted by Gasteiger charge is 2.23. The minimum absolute atomic E-state index is 0.268. The molecule has 0 aromatic carbocycles. The Hall–Kier alpha value is -2.02. The number of amides is 1. The zero-order chi connectivity index (χ0) is 15.4. The van der Waals surface area contributed by atoms with E-state index in [4.69, 9.17) is 9.15 Å². The lowest BCUT2D eigenvalue weighted by Gasteiger charge is -2.33. The van der Waals surface area contributed by atoms with Gasteiger partial charge in [-0.25, -0.2) is 4.79 Å². The fourth-order valence-corrected chi connectivity index (χ4v) is 2.28. The van der Waals surface area contributed by atoms with E-state index in [1.165, 1.54) is 6.07 Å². The summed E-state index contributed by atoms with van der Waals surface area (Å²) >= 11 is 0. The molecule has 0 atom stereocenters. The number of carbonyl (C=O) groups excluding carboxylic acids is 1. The summed E-state index contributed by atoms with van der Waals surface area (Å²) in [6, 6.07) is 1.26. The highest BCUT2D eigenvalue weighted by molar-refractivity contribution is 5.67. The van der Waals surface area contributed by atoms with Gasteiger partial charge >= 0.3 is 6.09 Å². The van der Waals surface area contributed by atoms with Gasteiger partial charge in [-0.2, -0.15) is 0 Å². The molecule has 1 aliphatic heterocycles. The second kappa shape index (κ2) is 6.62. The van der Waals surface area contributed by atoms with Crippen LogP contribution in [-0.4, -0.2) is 53.8 Å². The smallest absolute Gasteiger partial charge is 0.409 e. The van der Waals surface area contributed by atoms with Crippen molar-refractivity contribution in [3.63, 3.8) is 0 Å². The minimum atomic E-state index is -0.432. The van der Waals surface area contributed by atoms with E-state index < -0.39 is 5.43 Å².